The number of hydrogen-bond acceptors (Lipinski definition) is 4. The van der Waals surface area contributed by atoms with Gasteiger partial charge in [0.05, 0.1) is 5.52 Å². The van der Waals surface area contributed by atoms with Crippen LogP contribution in [0.5, 0.6) is 0 Å². The predicted molar refractivity (Wildman–Crippen MR) is 86.5 cm³/mol. The van der Waals surface area contributed by atoms with Gasteiger partial charge in [-0.25, -0.2) is 4.98 Å². The number of aliphatic hydroxyl groups excluding tert-OH is 1. The van der Waals surface area contributed by atoms with Crippen molar-refractivity contribution in [3.63, 3.8) is 0 Å². The first-order valence-electron chi connectivity index (χ1n) is 7.71. The lowest BCUT2D eigenvalue weighted by atomic mass is 9.98. The monoisotopic (exact) mass is 285 g/mol. The first kappa shape index (κ1) is 14.3. The summed E-state index contributed by atoms with van der Waals surface area (Å²) in [4.78, 5) is 7.23. The van der Waals surface area contributed by atoms with Crippen LogP contribution in [0.25, 0.3) is 10.9 Å². The molecule has 1 aromatic heterocycles. The van der Waals surface area contributed by atoms with Crippen LogP contribution in [0.2, 0.25) is 0 Å². The molecule has 1 unspecified atom stereocenters. The van der Waals surface area contributed by atoms with Crippen LogP contribution in [0.1, 0.15) is 18.4 Å². The van der Waals surface area contributed by atoms with Gasteiger partial charge in [0, 0.05) is 37.2 Å². The number of pyridine rings is 1. The van der Waals surface area contributed by atoms with E-state index in [0.29, 0.717) is 5.92 Å². The number of rotatable bonds is 4. The van der Waals surface area contributed by atoms with Gasteiger partial charge in [-0.1, -0.05) is 18.2 Å². The lowest BCUT2D eigenvalue weighted by Crippen LogP contribution is -2.38. The smallest absolute Gasteiger partial charge is 0.133 e. The molecule has 0 saturated carbocycles. The molecule has 1 aliphatic rings. The molecule has 4 heteroatoms. The van der Waals surface area contributed by atoms with E-state index in [2.05, 4.69) is 34.5 Å². The highest BCUT2D eigenvalue weighted by Gasteiger charge is 2.22. The summed E-state index contributed by atoms with van der Waals surface area (Å²) < 4.78 is 0. The minimum Gasteiger partial charge on any atom is -0.396 e. The summed E-state index contributed by atoms with van der Waals surface area (Å²) in [7, 11) is 1.96. The first-order chi connectivity index (χ1) is 10.3. The lowest BCUT2D eigenvalue weighted by Gasteiger charge is -2.34. The van der Waals surface area contributed by atoms with Crippen molar-refractivity contribution in [2.24, 2.45) is 5.92 Å². The fraction of sp³-hybridized carbons (Fsp3) is 0.471. The van der Waals surface area contributed by atoms with Gasteiger partial charge in [0.15, 0.2) is 0 Å². The molecule has 4 nitrogen and oxygen atoms in total. The number of nitrogens with one attached hydrogen (secondary N) is 1. The van der Waals surface area contributed by atoms with Crippen molar-refractivity contribution < 1.29 is 5.11 Å². The number of para-hydroxylation sites is 1. The maximum Gasteiger partial charge on any atom is 0.133 e. The molecule has 0 amide bonds. The summed E-state index contributed by atoms with van der Waals surface area (Å²) in [6.07, 6.45) is 2.24. The molecule has 0 radical (unpaired) electrons. The summed E-state index contributed by atoms with van der Waals surface area (Å²) in [6.45, 7) is 3.01. The summed E-state index contributed by atoms with van der Waals surface area (Å²) in [5.74, 6) is 1.44. The van der Waals surface area contributed by atoms with Crippen LogP contribution < -0.4 is 10.2 Å². The normalized spacial score (nSPS) is 19.1. The van der Waals surface area contributed by atoms with E-state index in [9.17, 15) is 5.11 Å². The predicted octanol–water partition coefficient (Wildman–Crippen LogP) is 2.16. The minimum absolute atomic E-state index is 0.269. The van der Waals surface area contributed by atoms with Gasteiger partial charge in [0.25, 0.3) is 0 Å². The van der Waals surface area contributed by atoms with E-state index < -0.39 is 0 Å². The molecule has 0 aliphatic carbocycles. The average Bonchev–Trinajstić information content (AvgIpc) is 2.54. The van der Waals surface area contributed by atoms with Crippen molar-refractivity contribution in [2.75, 3.05) is 31.6 Å². The maximum absolute atomic E-state index is 9.44. The van der Waals surface area contributed by atoms with Gasteiger partial charge < -0.3 is 15.3 Å². The molecule has 21 heavy (non-hydrogen) atoms. The number of anilines is 1. The fourth-order valence-corrected chi connectivity index (χ4v) is 3.15. The second-order valence-electron chi connectivity index (χ2n) is 5.83. The molecule has 1 aliphatic heterocycles. The SMILES string of the molecule is CNCc1cc2ccccc2nc1N1CCCC(CO)C1. The number of piperidine rings is 1. The fourth-order valence-electron chi connectivity index (χ4n) is 3.15. The topological polar surface area (TPSA) is 48.4 Å². The van der Waals surface area contributed by atoms with Gasteiger partial charge in [0.1, 0.15) is 5.82 Å². The summed E-state index contributed by atoms with van der Waals surface area (Å²) in [5.41, 5.74) is 2.27. The van der Waals surface area contributed by atoms with Crippen LogP contribution >= 0.6 is 0 Å². The molecule has 1 aromatic carbocycles. The Kier molecular flexibility index (Phi) is 4.36. The molecule has 0 spiro atoms. The van der Waals surface area contributed by atoms with Gasteiger partial charge >= 0.3 is 0 Å². The molecule has 3 rings (SSSR count). The van der Waals surface area contributed by atoms with Crippen molar-refractivity contribution in [1.82, 2.24) is 10.3 Å². The van der Waals surface area contributed by atoms with Crippen LogP contribution in [0.3, 0.4) is 0 Å². The van der Waals surface area contributed by atoms with Crippen LogP contribution in [-0.4, -0.2) is 36.8 Å². The zero-order valence-corrected chi connectivity index (χ0v) is 12.5. The van der Waals surface area contributed by atoms with E-state index in [4.69, 9.17) is 4.98 Å². The zero-order chi connectivity index (χ0) is 14.7. The van der Waals surface area contributed by atoms with Crippen molar-refractivity contribution in [1.29, 1.82) is 0 Å². The summed E-state index contributed by atoms with van der Waals surface area (Å²) >= 11 is 0. The Hall–Kier alpha value is -1.65. The average molecular weight is 285 g/mol. The van der Waals surface area contributed by atoms with Gasteiger partial charge in [-0.05, 0) is 37.9 Å². The second-order valence-corrected chi connectivity index (χ2v) is 5.83. The van der Waals surface area contributed by atoms with Crippen molar-refractivity contribution in [3.8, 4) is 0 Å². The van der Waals surface area contributed by atoms with Crippen LogP contribution in [-0.2, 0) is 6.54 Å². The van der Waals surface area contributed by atoms with E-state index in [-0.39, 0.29) is 6.61 Å². The third-order valence-corrected chi connectivity index (χ3v) is 4.22. The van der Waals surface area contributed by atoms with E-state index in [1.165, 1.54) is 10.9 Å². The number of benzene rings is 1. The standard InChI is InChI=1S/C17H23N3O/c1-18-10-15-9-14-6-2-3-7-16(14)19-17(15)20-8-4-5-13(11-20)12-21/h2-3,6-7,9,13,18,21H,4-5,8,10-12H2,1H3. The molecule has 2 aromatic rings. The highest BCUT2D eigenvalue weighted by molar-refractivity contribution is 5.81. The quantitative estimate of drug-likeness (QED) is 0.904. The third-order valence-electron chi connectivity index (χ3n) is 4.22. The van der Waals surface area contributed by atoms with Crippen molar-refractivity contribution in [3.05, 3.63) is 35.9 Å². The number of aromatic nitrogens is 1. The second kappa shape index (κ2) is 6.41. The molecule has 2 heterocycles. The maximum atomic E-state index is 9.44. The third kappa shape index (κ3) is 3.01. The molecule has 1 fully saturated rings. The van der Waals surface area contributed by atoms with Crippen LogP contribution in [0, 0.1) is 5.92 Å². The molecule has 1 atom stereocenters. The van der Waals surface area contributed by atoms with Gasteiger partial charge in [0.2, 0.25) is 0 Å². The van der Waals surface area contributed by atoms with Gasteiger partial charge in [-0.2, -0.15) is 0 Å². The van der Waals surface area contributed by atoms with E-state index in [0.717, 1.165) is 43.8 Å². The Morgan fingerprint density at radius 1 is 1.38 bits per heavy atom. The Morgan fingerprint density at radius 2 is 2.24 bits per heavy atom. The number of hydrogen-bond donors (Lipinski definition) is 2. The summed E-state index contributed by atoms with van der Waals surface area (Å²) in [5, 5.41) is 13.9. The Labute approximate surface area is 125 Å². The highest BCUT2D eigenvalue weighted by atomic mass is 16.3. The number of fused-ring (bicyclic) bond motifs is 1. The molecular weight excluding hydrogens is 262 g/mol. The van der Waals surface area contributed by atoms with Crippen LogP contribution in [0.4, 0.5) is 5.82 Å². The van der Waals surface area contributed by atoms with Crippen molar-refractivity contribution >= 4 is 16.7 Å². The van der Waals surface area contributed by atoms with E-state index in [1.807, 2.05) is 13.1 Å². The zero-order valence-electron chi connectivity index (χ0n) is 12.5. The lowest BCUT2D eigenvalue weighted by molar-refractivity contribution is 0.208. The highest BCUT2D eigenvalue weighted by Crippen LogP contribution is 2.27. The Balaban J connectivity index is 2.00. The van der Waals surface area contributed by atoms with E-state index >= 15 is 0 Å². The molecule has 112 valence electrons. The Morgan fingerprint density at radius 3 is 3.05 bits per heavy atom. The number of aliphatic hydroxyl groups is 1. The molecule has 1 saturated heterocycles. The largest absolute Gasteiger partial charge is 0.396 e. The Bertz CT molecular complexity index is 614. The van der Waals surface area contributed by atoms with Crippen molar-refractivity contribution in [2.45, 2.75) is 19.4 Å². The molecule has 0 bridgehead atoms. The minimum atomic E-state index is 0.269. The van der Waals surface area contributed by atoms with E-state index in [1.54, 1.807) is 0 Å². The molecular formula is C17H23N3O. The molecule has 2 N–H and O–H groups in total. The number of nitrogens with zero attached hydrogens (tertiary/aromatic N) is 2. The van der Waals surface area contributed by atoms with Gasteiger partial charge in [-0.3, -0.25) is 0 Å². The first-order valence-corrected chi connectivity index (χ1v) is 7.71. The summed E-state index contributed by atoms with van der Waals surface area (Å²) in [6, 6.07) is 10.5. The van der Waals surface area contributed by atoms with Crippen LogP contribution in [0.15, 0.2) is 30.3 Å². The van der Waals surface area contributed by atoms with Gasteiger partial charge in [-0.15, -0.1) is 0 Å².